The Kier molecular flexibility index (Phi) is 3.83. The predicted molar refractivity (Wildman–Crippen MR) is 92.0 cm³/mol. The fourth-order valence-corrected chi connectivity index (χ4v) is 3.32. The molecular weight excluding hydrogens is 312 g/mol. The molecule has 0 unspecified atom stereocenters. The van der Waals surface area contributed by atoms with Gasteiger partial charge in [-0.05, 0) is 31.1 Å². The predicted octanol–water partition coefficient (Wildman–Crippen LogP) is 3.47. The zero-order chi connectivity index (χ0) is 16.6. The molecule has 1 aromatic carbocycles. The van der Waals surface area contributed by atoms with Crippen molar-refractivity contribution in [2.75, 3.05) is 0 Å². The molecule has 3 aromatic rings. The van der Waals surface area contributed by atoms with E-state index in [0.29, 0.717) is 21.6 Å². The molecule has 2 N–H and O–H groups in total. The Hall–Kier alpha value is -2.73. The SMILES string of the molecule is Cc1ccc(/C=C/c2nc3sc(C(=O)O)c(C)c3c(=O)[nH]2)cc1. The number of nitrogens with zero attached hydrogens (tertiary/aromatic N) is 1. The van der Waals surface area contributed by atoms with E-state index in [1.54, 1.807) is 13.0 Å². The number of benzene rings is 1. The van der Waals surface area contributed by atoms with Crippen LogP contribution in [0, 0.1) is 13.8 Å². The minimum Gasteiger partial charge on any atom is -0.477 e. The summed E-state index contributed by atoms with van der Waals surface area (Å²) in [6, 6.07) is 7.95. The molecule has 0 spiro atoms. The first-order chi connectivity index (χ1) is 11.0. The number of carboxylic acids is 1. The summed E-state index contributed by atoms with van der Waals surface area (Å²) in [4.78, 5) is 31.0. The fraction of sp³-hybridized carbons (Fsp3) is 0.118. The van der Waals surface area contributed by atoms with Gasteiger partial charge in [0.2, 0.25) is 0 Å². The lowest BCUT2D eigenvalue weighted by Gasteiger charge is -1.97. The molecule has 0 aliphatic heterocycles. The van der Waals surface area contributed by atoms with E-state index in [0.717, 1.165) is 16.9 Å². The highest BCUT2D eigenvalue weighted by molar-refractivity contribution is 7.20. The number of fused-ring (bicyclic) bond motifs is 1. The van der Waals surface area contributed by atoms with Gasteiger partial charge in [-0.3, -0.25) is 4.79 Å². The molecule has 0 radical (unpaired) electrons. The zero-order valence-electron chi connectivity index (χ0n) is 12.6. The van der Waals surface area contributed by atoms with Crippen LogP contribution in [-0.2, 0) is 0 Å². The Balaban J connectivity index is 2.04. The van der Waals surface area contributed by atoms with Crippen LogP contribution in [0.4, 0.5) is 0 Å². The average Bonchev–Trinajstić information content (AvgIpc) is 2.84. The summed E-state index contributed by atoms with van der Waals surface area (Å²) in [5.41, 5.74) is 2.30. The van der Waals surface area contributed by atoms with Gasteiger partial charge in [0.25, 0.3) is 5.56 Å². The molecule has 0 aliphatic carbocycles. The van der Waals surface area contributed by atoms with Gasteiger partial charge >= 0.3 is 5.97 Å². The molecular formula is C17H14N2O3S. The number of thiophene rings is 1. The number of H-pyrrole nitrogens is 1. The van der Waals surface area contributed by atoms with E-state index in [2.05, 4.69) is 9.97 Å². The topological polar surface area (TPSA) is 83.0 Å². The number of hydrogen-bond acceptors (Lipinski definition) is 4. The Morgan fingerprint density at radius 1 is 1.22 bits per heavy atom. The Morgan fingerprint density at radius 2 is 1.91 bits per heavy atom. The van der Waals surface area contributed by atoms with Crippen molar-refractivity contribution >= 4 is 39.7 Å². The number of aromatic carboxylic acids is 1. The Labute approximate surface area is 136 Å². The number of rotatable bonds is 3. The van der Waals surface area contributed by atoms with Crippen molar-refractivity contribution < 1.29 is 9.90 Å². The highest BCUT2D eigenvalue weighted by Gasteiger charge is 2.18. The first kappa shape index (κ1) is 15.2. The van der Waals surface area contributed by atoms with Crippen LogP contribution in [0.15, 0.2) is 29.1 Å². The molecule has 2 heterocycles. The van der Waals surface area contributed by atoms with Crippen LogP contribution in [0.3, 0.4) is 0 Å². The number of carboxylic acid groups (broad SMARTS) is 1. The molecule has 5 nitrogen and oxygen atoms in total. The van der Waals surface area contributed by atoms with Crippen molar-refractivity contribution in [2.24, 2.45) is 0 Å². The number of carbonyl (C=O) groups is 1. The zero-order valence-corrected chi connectivity index (χ0v) is 13.4. The molecule has 6 heteroatoms. The quantitative estimate of drug-likeness (QED) is 0.772. The van der Waals surface area contributed by atoms with Crippen LogP contribution < -0.4 is 5.56 Å². The maximum Gasteiger partial charge on any atom is 0.346 e. The van der Waals surface area contributed by atoms with Gasteiger partial charge in [0.05, 0.1) is 5.39 Å². The molecule has 2 aromatic heterocycles. The second-order valence-electron chi connectivity index (χ2n) is 5.24. The van der Waals surface area contributed by atoms with Gasteiger partial charge in [-0.2, -0.15) is 0 Å². The summed E-state index contributed by atoms with van der Waals surface area (Å²) in [6.07, 6.45) is 3.56. The van der Waals surface area contributed by atoms with E-state index in [1.807, 2.05) is 37.3 Å². The second kappa shape index (κ2) is 5.81. The fourth-order valence-electron chi connectivity index (χ4n) is 2.30. The van der Waals surface area contributed by atoms with Gasteiger partial charge in [0.15, 0.2) is 0 Å². The summed E-state index contributed by atoms with van der Waals surface area (Å²) < 4.78 is 0. The van der Waals surface area contributed by atoms with Gasteiger partial charge in [-0.15, -0.1) is 11.3 Å². The third-order valence-electron chi connectivity index (χ3n) is 3.52. The van der Waals surface area contributed by atoms with Crippen molar-refractivity contribution in [1.29, 1.82) is 0 Å². The Morgan fingerprint density at radius 3 is 2.57 bits per heavy atom. The molecule has 0 saturated carbocycles. The first-order valence-corrected chi connectivity index (χ1v) is 7.79. The van der Waals surface area contributed by atoms with Crippen LogP contribution in [0.25, 0.3) is 22.4 Å². The lowest BCUT2D eigenvalue weighted by Crippen LogP contribution is -2.09. The molecule has 0 bridgehead atoms. The van der Waals surface area contributed by atoms with Crippen molar-refractivity contribution in [3.05, 3.63) is 62.0 Å². The molecule has 0 atom stereocenters. The van der Waals surface area contributed by atoms with Gasteiger partial charge in [0.1, 0.15) is 15.5 Å². The highest BCUT2D eigenvalue weighted by Crippen LogP contribution is 2.26. The van der Waals surface area contributed by atoms with Gasteiger partial charge in [-0.25, -0.2) is 9.78 Å². The number of aromatic nitrogens is 2. The van der Waals surface area contributed by atoms with Gasteiger partial charge in [-0.1, -0.05) is 35.9 Å². The minimum atomic E-state index is -1.04. The number of hydrogen-bond donors (Lipinski definition) is 2. The van der Waals surface area contributed by atoms with E-state index in [-0.39, 0.29) is 10.4 Å². The second-order valence-corrected chi connectivity index (χ2v) is 6.24. The smallest absolute Gasteiger partial charge is 0.346 e. The standard InChI is InChI=1S/C17H14N2O3S/c1-9-3-5-11(6-4-9)7-8-12-18-15(20)13-10(2)14(17(21)22)23-16(13)19-12/h3-8H,1-2H3,(H,21,22)(H,18,19,20)/b8-7+. The van der Waals surface area contributed by atoms with Crippen molar-refractivity contribution in [2.45, 2.75) is 13.8 Å². The normalized spacial score (nSPS) is 11.4. The molecule has 0 saturated heterocycles. The molecule has 3 rings (SSSR count). The molecule has 0 aliphatic rings. The molecule has 116 valence electrons. The first-order valence-electron chi connectivity index (χ1n) is 6.97. The lowest BCUT2D eigenvalue weighted by atomic mass is 10.1. The van der Waals surface area contributed by atoms with E-state index in [9.17, 15) is 9.59 Å². The molecule has 0 fully saturated rings. The van der Waals surface area contributed by atoms with Gasteiger partial charge in [0, 0.05) is 0 Å². The molecule has 0 amide bonds. The minimum absolute atomic E-state index is 0.151. The van der Waals surface area contributed by atoms with E-state index >= 15 is 0 Å². The van der Waals surface area contributed by atoms with Crippen LogP contribution in [0.1, 0.15) is 32.2 Å². The summed E-state index contributed by atoms with van der Waals surface area (Å²) in [6.45, 7) is 3.64. The van der Waals surface area contributed by atoms with Crippen LogP contribution in [0.2, 0.25) is 0 Å². The monoisotopic (exact) mass is 326 g/mol. The number of aryl methyl sites for hydroxylation is 2. The summed E-state index contributed by atoms with van der Waals surface area (Å²) in [5.74, 6) is -0.636. The average molecular weight is 326 g/mol. The van der Waals surface area contributed by atoms with Crippen molar-refractivity contribution in [3.63, 3.8) is 0 Å². The van der Waals surface area contributed by atoms with Crippen LogP contribution in [-0.4, -0.2) is 21.0 Å². The third kappa shape index (κ3) is 2.93. The molecule has 23 heavy (non-hydrogen) atoms. The third-order valence-corrected chi connectivity index (χ3v) is 4.70. The number of aromatic amines is 1. The summed E-state index contributed by atoms with van der Waals surface area (Å²) >= 11 is 1.02. The van der Waals surface area contributed by atoms with Crippen LogP contribution >= 0.6 is 11.3 Å². The van der Waals surface area contributed by atoms with E-state index < -0.39 is 5.97 Å². The van der Waals surface area contributed by atoms with E-state index in [1.165, 1.54) is 5.56 Å². The van der Waals surface area contributed by atoms with Gasteiger partial charge < -0.3 is 10.1 Å². The van der Waals surface area contributed by atoms with Crippen molar-refractivity contribution in [1.82, 2.24) is 9.97 Å². The highest BCUT2D eigenvalue weighted by atomic mass is 32.1. The lowest BCUT2D eigenvalue weighted by molar-refractivity contribution is 0.0701. The maximum absolute atomic E-state index is 12.2. The van der Waals surface area contributed by atoms with E-state index in [4.69, 9.17) is 5.11 Å². The van der Waals surface area contributed by atoms with Crippen LogP contribution in [0.5, 0.6) is 0 Å². The summed E-state index contributed by atoms with van der Waals surface area (Å²) in [5, 5.41) is 9.50. The maximum atomic E-state index is 12.2. The largest absolute Gasteiger partial charge is 0.477 e. The Bertz CT molecular complexity index is 981. The summed E-state index contributed by atoms with van der Waals surface area (Å²) in [7, 11) is 0. The number of nitrogens with one attached hydrogen (secondary N) is 1. The van der Waals surface area contributed by atoms with Crippen molar-refractivity contribution in [3.8, 4) is 0 Å².